The molecule has 756 valence electrons. The maximum Gasteiger partial charge on any atom is 0.328 e. The predicted molar refractivity (Wildman–Crippen MR) is 585 cm³/mol. The highest BCUT2D eigenvalue weighted by molar-refractivity contribution is 9.11. The number of ether oxygens (including phenoxy) is 6. The summed E-state index contributed by atoms with van der Waals surface area (Å²) in [5.74, 6) is -7.99. The number of fused-ring (bicyclic) bond motifs is 8. The highest BCUT2D eigenvalue weighted by Crippen LogP contribution is 2.46. The van der Waals surface area contributed by atoms with Gasteiger partial charge in [-0.2, -0.15) is 0 Å². The number of amides is 4. The average Bonchev–Trinajstić information content (AvgIpc) is 0.772. The fourth-order valence-corrected chi connectivity index (χ4v) is 21.4. The lowest BCUT2D eigenvalue weighted by Gasteiger charge is -2.22. The highest BCUT2D eigenvalue weighted by Gasteiger charge is 2.34. The second-order valence-corrected chi connectivity index (χ2v) is 38.4. The molecule has 0 saturated carbocycles. The second kappa shape index (κ2) is 48.3. The molecule has 20 rings (SSSR count). The third-order valence-corrected chi connectivity index (χ3v) is 29.0. The van der Waals surface area contributed by atoms with Crippen molar-refractivity contribution in [3.05, 3.63) is 424 Å². The topological polar surface area (TPSA) is 266 Å². The summed E-state index contributed by atoms with van der Waals surface area (Å²) in [5, 5.41) is 22.8. The zero-order valence-corrected chi connectivity index (χ0v) is 87.0. The highest BCUT2D eigenvalue weighted by atomic mass is 79.9. The van der Waals surface area contributed by atoms with Gasteiger partial charge in [-0.05, 0) is 204 Å². The van der Waals surface area contributed by atoms with Gasteiger partial charge < -0.3 is 49.7 Å². The largest absolute Gasteiger partial charge is 0.493 e. The van der Waals surface area contributed by atoms with Crippen LogP contribution in [0.5, 0.6) is 11.5 Å². The number of rotatable bonds is 24. The van der Waals surface area contributed by atoms with Crippen molar-refractivity contribution in [3.63, 3.8) is 0 Å². The van der Waals surface area contributed by atoms with Gasteiger partial charge in [0, 0.05) is 71.1 Å². The van der Waals surface area contributed by atoms with Crippen molar-refractivity contribution in [2.24, 2.45) is 0 Å². The number of carbonyl (C=O) groups is 8. The Labute approximate surface area is 896 Å². The van der Waals surface area contributed by atoms with Gasteiger partial charge in [0.1, 0.15) is 70.1 Å². The Morgan fingerprint density at radius 1 is 0.300 bits per heavy atom. The standard InChI is InChI=1S/C30H21BrCl2N2O3.C30H21BrF2N2O3.C30H25Cl2NO4.C30H25F2NO4/c2*1-38-30(37)25(35-29(36)26-23(32)11-6-12-24(26)33)15-17-13-14-22(21-10-5-4-8-19(17)21)28-27(31)20-9-3-2-7-18(20)16-34-28;2*1-36-30(35)26(33-29(34)27-24(31)12-5-13-25(27)32)17-19-14-15-22(21-10-3-2-9-20(19)21)23-11-4-7-18-8-6-16-37-28(18)23/h2*2-14,16,25H,15H2,1H3,(H,35,36);2*2-5,7,9-15,26H,6,8,16-17H2,1H3,(H,33,34)/t2*25-;2*26-/m0000/s1. The first-order chi connectivity index (χ1) is 72.7. The number of para-hydroxylation sites is 2. The van der Waals surface area contributed by atoms with Crippen LogP contribution in [-0.2, 0) is 76.7 Å². The van der Waals surface area contributed by atoms with Gasteiger partial charge in [0.25, 0.3) is 23.6 Å². The summed E-state index contributed by atoms with van der Waals surface area (Å²) in [6, 6.07) is 87.0. The van der Waals surface area contributed by atoms with Gasteiger partial charge >= 0.3 is 23.9 Å². The molecule has 4 heterocycles. The van der Waals surface area contributed by atoms with Gasteiger partial charge in [-0.25, -0.2) is 36.7 Å². The smallest absolute Gasteiger partial charge is 0.328 e. The minimum atomic E-state index is -1.17. The first-order valence-electron chi connectivity index (χ1n) is 47.6. The van der Waals surface area contributed by atoms with Crippen molar-refractivity contribution >= 4 is 190 Å². The normalized spacial score (nSPS) is 12.6. The van der Waals surface area contributed by atoms with E-state index in [-0.39, 0.29) is 56.9 Å². The van der Waals surface area contributed by atoms with E-state index in [1.54, 1.807) is 36.4 Å². The van der Waals surface area contributed by atoms with E-state index in [2.05, 4.69) is 89.5 Å². The number of aryl methyl sites for hydroxylation is 2. The molecule has 30 heteroatoms. The number of aromatic nitrogens is 2. The number of carbonyl (C=O) groups excluding carboxylic acids is 8. The summed E-state index contributed by atoms with van der Waals surface area (Å²) in [7, 11) is 4.97. The number of hydrogen-bond donors (Lipinski definition) is 4. The zero-order valence-electron chi connectivity index (χ0n) is 80.8. The van der Waals surface area contributed by atoms with E-state index < -0.39 is 106 Å². The molecule has 0 bridgehead atoms. The van der Waals surface area contributed by atoms with E-state index >= 15 is 0 Å². The van der Waals surface area contributed by atoms with Crippen molar-refractivity contribution in [1.29, 1.82) is 0 Å². The molecule has 4 atom stereocenters. The molecule has 2 aliphatic heterocycles. The molecule has 0 spiro atoms. The molecule has 0 fully saturated rings. The summed E-state index contributed by atoms with van der Waals surface area (Å²) in [6.07, 6.45) is 8.17. The van der Waals surface area contributed by atoms with Gasteiger partial charge in [0.15, 0.2) is 0 Å². The summed E-state index contributed by atoms with van der Waals surface area (Å²) in [5.41, 5.74) is 11.9. The molecule has 2 aliphatic rings. The van der Waals surface area contributed by atoms with Crippen molar-refractivity contribution < 1.29 is 84.3 Å². The molecule has 0 unspecified atom stereocenters. The maximum atomic E-state index is 14.2. The molecule has 150 heavy (non-hydrogen) atoms. The number of methoxy groups -OCH3 is 4. The quantitative estimate of drug-likeness (QED) is 0.0249. The molecular weight excluding hydrogens is 2130 g/mol. The van der Waals surface area contributed by atoms with E-state index in [0.29, 0.717) is 13.2 Å². The zero-order chi connectivity index (χ0) is 106. The van der Waals surface area contributed by atoms with E-state index in [4.69, 9.17) is 84.8 Å². The summed E-state index contributed by atoms with van der Waals surface area (Å²) >= 11 is 32.3. The van der Waals surface area contributed by atoms with Crippen LogP contribution in [0.1, 0.15) is 87.7 Å². The molecule has 0 radical (unpaired) electrons. The third-order valence-electron chi connectivity index (χ3n) is 26.1. The molecule has 16 aromatic carbocycles. The van der Waals surface area contributed by atoms with Crippen molar-refractivity contribution in [2.75, 3.05) is 41.7 Å². The van der Waals surface area contributed by atoms with E-state index in [0.717, 1.165) is 208 Å². The molecule has 20 nitrogen and oxygen atoms in total. The van der Waals surface area contributed by atoms with Crippen LogP contribution < -0.4 is 30.7 Å². The maximum absolute atomic E-state index is 14.2. The van der Waals surface area contributed by atoms with Gasteiger partial charge in [0.05, 0.1) is 93.2 Å². The molecular formula is C120H92Br2Cl4F4N6O14. The Balaban J connectivity index is 0.000000136. The van der Waals surface area contributed by atoms with E-state index in [9.17, 15) is 55.9 Å². The average molecular weight is 2220 g/mol. The number of pyridine rings is 2. The van der Waals surface area contributed by atoms with Gasteiger partial charge in [-0.3, -0.25) is 29.1 Å². The Kier molecular flexibility index (Phi) is 34.1. The Hall–Kier alpha value is -15.4. The lowest BCUT2D eigenvalue weighted by molar-refractivity contribution is -0.143. The molecule has 0 aliphatic carbocycles. The molecule has 18 aromatic rings. The first-order valence-corrected chi connectivity index (χ1v) is 50.7. The van der Waals surface area contributed by atoms with Crippen molar-refractivity contribution in [1.82, 2.24) is 31.2 Å². The lowest BCUT2D eigenvalue weighted by Crippen LogP contribution is -2.43. The Morgan fingerprint density at radius 2 is 0.553 bits per heavy atom. The molecule has 0 saturated heterocycles. The summed E-state index contributed by atoms with van der Waals surface area (Å²) in [4.78, 5) is 112. The molecule has 2 aromatic heterocycles. The van der Waals surface area contributed by atoms with E-state index in [1.807, 2.05) is 207 Å². The Bertz CT molecular complexity index is 7780. The SMILES string of the molecule is COC(=O)[C@H](Cc1ccc(-c2cccc3c2OCCC3)c2ccccc12)NC(=O)c1c(Cl)cccc1Cl.COC(=O)[C@H](Cc1ccc(-c2cccc3c2OCCC3)c2ccccc12)NC(=O)c1c(F)cccc1F.COC(=O)[C@H](Cc1ccc(-c2ncc3ccccc3c2Br)c2ccccc12)NC(=O)c1c(Cl)cccc1Cl.COC(=O)[C@H](Cc1ccc(-c2ncc3ccccc3c2Br)c2ccccc12)NC(=O)c1c(F)cccc1F. The molecule has 4 N–H and O–H groups in total. The molecule has 4 amide bonds. The van der Waals surface area contributed by atoms with Crippen molar-refractivity contribution in [3.8, 4) is 56.3 Å². The number of hydrogen-bond acceptors (Lipinski definition) is 16. The number of benzene rings is 16. The lowest BCUT2D eigenvalue weighted by atomic mass is 9.90. The van der Waals surface area contributed by atoms with Gasteiger partial charge in [0.2, 0.25) is 0 Å². The van der Waals surface area contributed by atoms with Crippen molar-refractivity contribution in [2.45, 2.75) is 75.5 Å². The van der Waals surface area contributed by atoms with Crippen LogP contribution in [0.15, 0.2) is 325 Å². The number of nitrogens with one attached hydrogen (secondary N) is 4. The number of halogens is 10. The van der Waals surface area contributed by atoms with Gasteiger partial charge in [-0.1, -0.05) is 301 Å². The van der Waals surface area contributed by atoms with Crippen LogP contribution >= 0.6 is 78.3 Å². The van der Waals surface area contributed by atoms with Crippen LogP contribution in [0.4, 0.5) is 17.6 Å². The van der Waals surface area contributed by atoms with E-state index in [1.165, 1.54) is 45.6 Å². The Morgan fingerprint density at radius 3 is 0.853 bits per heavy atom. The van der Waals surface area contributed by atoms with Gasteiger partial charge in [-0.15, -0.1) is 0 Å². The second-order valence-electron chi connectivity index (χ2n) is 35.2. The monoisotopic (exact) mass is 2210 g/mol. The predicted octanol–water partition coefficient (Wildman–Crippen LogP) is 26.5. The first kappa shape index (κ1) is 106. The fraction of sp³-hybridized carbons (Fsp3) is 0.150. The summed E-state index contributed by atoms with van der Waals surface area (Å²) < 4.78 is 90.4. The van der Waals surface area contributed by atoms with Crippen LogP contribution in [0.25, 0.3) is 109 Å². The number of esters is 4. The number of nitrogens with zero attached hydrogens (tertiary/aromatic N) is 2. The van der Waals surface area contributed by atoms with Crippen LogP contribution in [0.3, 0.4) is 0 Å². The van der Waals surface area contributed by atoms with Crippen LogP contribution in [0.2, 0.25) is 20.1 Å². The van der Waals surface area contributed by atoms with Crippen LogP contribution in [-0.4, -0.2) is 123 Å². The minimum Gasteiger partial charge on any atom is -0.493 e. The fourth-order valence-electron chi connectivity index (χ4n) is 18.9. The minimum absolute atomic E-state index is 0.0433. The summed E-state index contributed by atoms with van der Waals surface area (Å²) in [6.45, 7) is 1.37. The van der Waals surface area contributed by atoms with Crippen LogP contribution in [0, 0.1) is 23.3 Å². The third kappa shape index (κ3) is 23.2.